The largest absolute Gasteiger partial charge is 0.299 e. The molecule has 2 atom stereocenters. The van der Waals surface area contributed by atoms with Crippen molar-refractivity contribution in [3.63, 3.8) is 0 Å². The molecule has 1 aliphatic rings. The SMILES string of the molecule is C=CCC1CC(C(C)C)CCC1=O. The third-order valence-corrected chi connectivity index (χ3v) is 3.20. The number of allylic oxidation sites excluding steroid dienone is 1. The number of carbonyl (C=O) groups excluding carboxylic acids is 1. The van der Waals surface area contributed by atoms with E-state index in [-0.39, 0.29) is 5.92 Å². The van der Waals surface area contributed by atoms with Crippen molar-refractivity contribution in [3.8, 4) is 0 Å². The van der Waals surface area contributed by atoms with Crippen LogP contribution in [0.5, 0.6) is 0 Å². The maximum atomic E-state index is 11.5. The number of ketones is 1. The van der Waals surface area contributed by atoms with Gasteiger partial charge in [-0.3, -0.25) is 4.79 Å². The molecule has 0 radical (unpaired) electrons. The lowest BCUT2D eigenvalue weighted by Crippen LogP contribution is -2.27. The van der Waals surface area contributed by atoms with Gasteiger partial charge in [0.1, 0.15) is 5.78 Å². The highest BCUT2D eigenvalue weighted by molar-refractivity contribution is 5.81. The Kier molecular flexibility index (Phi) is 3.71. The molecule has 0 aromatic carbocycles. The maximum Gasteiger partial charge on any atom is 0.136 e. The highest BCUT2D eigenvalue weighted by Crippen LogP contribution is 2.33. The normalized spacial score (nSPS) is 29.3. The lowest BCUT2D eigenvalue weighted by Gasteiger charge is -2.30. The second-order valence-corrected chi connectivity index (χ2v) is 4.47. The molecular weight excluding hydrogens is 160 g/mol. The number of carbonyl (C=O) groups is 1. The van der Waals surface area contributed by atoms with Gasteiger partial charge in [0.25, 0.3) is 0 Å². The van der Waals surface area contributed by atoms with Crippen LogP contribution in [0.3, 0.4) is 0 Å². The van der Waals surface area contributed by atoms with E-state index in [2.05, 4.69) is 20.4 Å². The number of Topliss-reactive ketones (excluding diaryl/α,β-unsaturated/α-hetero) is 1. The van der Waals surface area contributed by atoms with E-state index in [1.165, 1.54) is 0 Å². The molecular formula is C12H20O. The predicted molar refractivity (Wildman–Crippen MR) is 55.5 cm³/mol. The first-order valence-electron chi connectivity index (χ1n) is 5.28. The van der Waals surface area contributed by atoms with Gasteiger partial charge in [-0.25, -0.2) is 0 Å². The molecule has 0 bridgehead atoms. The lowest BCUT2D eigenvalue weighted by atomic mass is 9.74. The Bertz CT molecular complexity index is 193. The minimum Gasteiger partial charge on any atom is -0.299 e. The second kappa shape index (κ2) is 4.59. The zero-order valence-electron chi connectivity index (χ0n) is 8.75. The van der Waals surface area contributed by atoms with Gasteiger partial charge in [0, 0.05) is 12.3 Å². The van der Waals surface area contributed by atoms with Gasteiger partial charge in [-0.2, -0.15) is 0 Å². The zero-order valence-corrected chi connectivity index (χ0v) is 8.75. The van der Waals surface area contributed by atoms with Crippen LogP contribution >= 0.6 is 0 Å². The van der Waals surface area contributed by atoms with E-state index >= 15 is 0 Å². The molecule has 0 N–H and O–H groups in total. The summed E-state index contributed by atoms with van der Waals surface area (Å²) in [5.74, 6) is 2.21. The van der Waals surface area contributed by atoms with Crippen LogP contribution in [-0.2, 0) is 4.79 Å². The Labute approximate surface area is 81.2 Å². The highest BCUT2D eigenvalue weighted by atomic mass is 16.1. The number of hydrogen-bond donors (Lipinski definition) is 0. The monoisotopic (exact) mass is 180 g/mol. The molecule has 1 rings (SSSR count). The fourth-order valence-corrected chi connectivity index (χ4v) is 2.18. The van der Waals surface area contributed by atoms with E-state index in [4.69, 9.17) is 0 Å². The molecule has 1 nitrogen and oxygen atoms in total. The Hall–Kier alpha value is -0.590. The van der Waals surface area contributed by atoms with Crippen molar-refractivity contribution in [2.75, 3.05) is 0 Å². The Balaban J connectivity index is 2.52. The Morgan fingerprint density at radius 1 is 1.62 bits per heavy atom. The number of rotatable bonds is 3. The molecule has 1 heteroatoms. The predicted octanol–water partition coefficient (Wildman–Crippen LogP) is 3.20. The van der Waals surface area contributed by atoms with Crippen LogP contribution in [-0.4, -0.2) is 5.78 Å². The van der Waals surface area contributed by atoms with Crippen LogP contribution < -0.4 is 0 Å². The van der Waals surface area contributed by atoms with Crippen molar-refractivity contribution < 1.29 is 4.79 Å². The molecule has 0 saturated heterocycles. The lowest BCUT2D eigenvalue weighted by molar-refractivity contribution is -0.125. The van der Waals surface area contributed by atoms with Crippen molar-refractivity contribution in [1.82, 2.24) is 0 Å². The summed E-state index contributed by atoms with van der Waals surface area (Å²) in [7, 11) is 0. The van der Waals surface area contributed by atoms with Crippen LogP contribution in [0.1, 0.15) is 39.5 Å². The van der Waals surface area contributed by atoms with Gasteiger partial charge in [-0.15, -0.1) is 6.58 Å². The Morgan fingerprint density at radius 2 is 2.31 bits per heavy atom. The first-order valence-corrected chi connectivity index (χ1v) is 5.28. The first kappa shape index (κ1) is 10.5. The van der Waals surface area contributed by atoms with E-state index in [9.17, 15) is 4.79 Å². The van der Waals surface area contributed by atoms with Crippen LogP contribution in [0.4, 0.5) is 0 Å². The molecule has 1 saturated carbocycles. The van der Waals surface area contributed by atoms with Crippen molar-refractivity contribution in [2.24, 2.45) is 17.8 Å². The minimum absolute atomic E-state index is 0.277. The molecule has 1 aliphatic carbocycles. The second-order valence-electron chi connectivity index (χ2n) is 4.47. The summed E-state index contributed by atoms with van der Waals surface area (Å²) in [6.07, 6.45) is 5.74. The summed E-state index contributed by atoms with van der Waals surface area (Å²) in [5.41, 5.74) is 0. The molecule has 0 aliphatic heterocycles. The molecule has 13 heavy (non-hydrogen) atoms. The quantitative estimate of drug-likeness (QED) is 0.609. The fraction of sp³-hybridized carbons (Fsp3) is 0.750. The first-order chi connectivity index (χ1) is 6.15. The summed E-state index contributed by atoms with van der Waals surface area (Å²) < 4.78 is 0. The van der Waals surface area contributed by atoms with E-state index in [0.717, 1.165) is 37.5 Å². The van der Waals surface area contributed by atoms with Crippen LogP contribution in [0.2, 0.25) is 0 Å². The van der Waals surface area contributed by atoms with Crippen molar-refractivity contribution in [2.45, 2.75) is 39.5 Å². The van der Waals surface area contributed by atoms with Gasteiger partial charge in [0.15, 0.2) is 0 Å². The highest BCUT2D eigenvalue weighted by Gasteiger charge is 2.28. The summed E-state index contributed by atoms with van der Waals surface area (Å²) in [4.78, 5) is 11.5. The standard InChI is InChI=1S/C12H20O/c1-4-5-11-8-10(9(2)3)6-7-12(11)13/h4,9-11H,1,5-8H2,2-3H3. The van der Waals surface area contributed by atoms with Gasteiger partial charge < -0.3 is 0 Å². The van der Waals surface area contributed by atoms with Gasteiger partial charge in [0.2, 0.25) is 0 Å². The summed E-state index contributed by atoms with van der Waals surface area (Å²) >= 11 is 0. The maximum absolute atomic E-state index is 11.5. The molecule has 2 unspecified atom stereocenters. The van der Waals surface area contributed by atoms with Crippen LogP contribution in [0.25, 0.3) is 0 Å². The van der Waals surface area contributed by atoms with Gasteiger partial charge >= 0.3 is 0 Å². The fourth-order valence-electron chi connectivity index (χ4n) is 2.18. The van der Waals surface area contributed by atoms with Gasteiger partial charge in [-0.1, -0.05) is 19.9 Å². The smallest absolute Gasteiger partial charge is 0.136 e. The topological polar surface area (TPSA) is 17.1 Å². The van der Waals surface area contributed by atoms with Gasteiger partial charge in [0.05, 0.1) is 0 Å². The molecule has 0 aromatic rings. The summed E-state index contributed by atoms with van der Waals surface area (Å²) in [5, 5.41) is 0. The molecule has 1 fully saturated rings. The van der Waals surface area contributed by atoms with Crippen LogP contribution in [0.15, 0.2) is 12.7 Å². The van der Waals surface area contributed by atoms with Crippen molar-refractivity contribution >= 4 is 5.78 Å². The molecule has 0 amide bonds. The third-order valence-electron chi connectivity index (χ3n) is 3.20. The average molecular weight is 180 g/mol. The zero-order chi connectivity index (χ0) is 9.84. The number of hydrogen-bond acceptors (Lipinski definition) is 1. The van der Waals surface area contributed by atoms with Crippen molar-refractivity contribution in [3.05, 3.63) is 12.7 Å². The van der Waals surface area contributed by atoms with Crippen LogP contribution in [0, 0.1) is 17.8 Å². The molecule has 0 heterocycles. The third kappa shape index (κ3) is 2.68. The molecule has 0 spiro atoms. The van der Waals surface area contributed by atoms with E-state index < -0.39 is 0 Å². The van der Waals surface area contributed by atoms with Crippen molar-refractivity contribution in [1.29, 1.82) is 0 Å². The van der Waals surface area contributed by atoms with Gasteiger partial charge in [-0.05, 0) is 31.1 Å². The average Bonchev–Trinajstić information content (AvgIpc) is 2.08. The minimum atomic E-state index is 0.277. The molecule has 0 aromatic heterocycles. The molecule has 74 valence electrons. The summed E-state index contributed by atoms with van der Waals surface area (Å²) in [6.45, 7) is 8.22. The Morgan fingerprint density at radius 3 is 2.85 bits per heavy atom. The van der Waals surface area contributed by atoms with E-state index in [1.807, 2.05) is 6.08 Å². The van der Waals surface area contributed by atoms with E-state index in [1.54, 1.807) is 0 Å². The van der Waals surface area contributed by atoms with E-state index in [0.29, 0.717) is 5.78 Å². The summed E-state index contributed by atoms with van der Waals surface area (Å²) in [6, 6.07) is 0.